The summed E-state index contributed by atoms with van der Waals surface area (Å²) in [4.78, 5) is 43.2. The molecule has 8 heteroatoms. The zero-order valence-electron chi connectivity index (χ0n) is 15.9. The lowest BCUT2D eigenvalue weighted by Gasteiger charge is -2.15. The molecule has 1 aliphatic rings. The molecule has 4 rings (SSSR count). The number of benzene rings is 2. The van der Waals surface area contributed by atoms with Crippen LogP contribution in [0.15, 0.2) is 60.7 Å². The molecule has 0 unspecified atom stereocenters. The van der Waals surface area contributed by atoms with Crippen LogP contribution in [0, 0.1) is 0 Å². The molecule has 2 aromatic carbocycles. The van der Waals surface area contributed by atoms with E-state index in [2.05, 4.69) is 10.3 Å². The number of carbonyl (C=O) groups is 3. The van der Waals surface area contributed by atoms with E-state index in [1.165, 1.54) is 6.07 Å². The SMILES string of the molecule is CCOc1ccc(Cl)c(C(=O)Nc2cccc(N3C(=O)c4ccccc4C3=O)c2)n1. The molecular weight excluding hydrogens is 406 g/mol. The van der Waals surface area contributed by atoms with Gasteiger partial charge in [0.25, 0.3) is 17.7 Å². The number of fused-ring (bicyclic) bond motifs is 1. The fourth-order valence-corrected chi connectivity index (χ4v) is 3.34. The molecule has 0 radical (unpaired) electrons. The Bertz CT molecular complexity index is 1140. The second-order valence-corrected chi connectivity index (χ2v) is 6.82. The fraction of sp³-hybridized carbons (Fsp3) is 0.0909. The first-order valence-corrected chi connectivity index (χ1v) is 9.56. The molecule has 1 aliphatic heterocycles. The lowest BCUT2D eigenvalue weighted by molar-refractivity contribution is 0.0925. The quantitative estimate of drug-likeness (QED) is 0.624. The number of hydrogen-bond acceptors (Lipinski definition) is 5. The van der Waals surface area contributed by atoms with Crippen LogP contribution in [0.2, 0.25) is 5.02 Å². The molecule has 3 aromatic rings. The Balaban J connectivity index is 1.60. The lowest BCUT2D eigenvalue weighted by Crippen LogP contribution is -2.29. The maximum atomic E-state index is 12.7. The highest BCUT2D eigenvalue weighted by molar-refractivity contribution is 6.35. The Morgan fingerprint density at radius 3 is 2.40 bits per heavy atom. The molecule has 0 bridgehead atoms. The number of ether oxygens (including phenoxy) is 1. The minimum atomic E-state index is -0.541. The van der Waals surface area contributed by atoms with Gasteiger partial charge in [0.2, 0.25) is 5.88 Å². The van der Waals surface area contributed by atoms with Gasteiger partial charge in [-0.05, 0) is 43.3 Å². The maximum absolute atomic E-state index is 12.7. The highest BCUT2D eigenvalue weighted by Crippen LogP contribution is 2.30. The zero-order valence-corrected chi connectivity index (χ0v) is 16.6. The number of halogens is 1. The van der Waals surface area contributed by atoms with Crippen LogP contribution in [0.25, 0.3) is 0 Å². The third-order valence-electron chi connectivity index (χ3n) is 4.48. The van der Waals surface area contributed by atoms with Crippen LogP contribution in [-0.4, -0.2) is 29.3 Å². The van der Waals surface area contributed by atoms with Crippen molar-refractivity contribution >= 4 is 40.7 Å². The summed E-state index contributed by atoms with van der Waals surface area (Å²) in [6.45, 7) is 2.21. The maximum Gasteiger partial charge on any atom is 0.275 e. The van der Waals surface area contributed by atoms with Gasteiger partial charge in [-0.25, -0.2) is 9.88 Å². The number of anilines is 2. The second-order valence-electron chi connectivity index (χ2n) is 6.41. The van der Waals surface area contributed by atoms with Crippen molar-refractivity contribution < 1.29 is 19.1 Å². The van der Waals surface area contributed by atoms with E-state index >= 15 is 0 Å². The Morgan fingerprint density at radius 1 is 1.03 bits per heavy atom. The number of rotatable bonds is 5. The van der Waals surface area contributed by atoms with Crippen LogP contribution in [-0.2, 0) is 0 Å². The average molecular weight is 422 g/mol. The van der Waals surface area contributed by atoms with Crippen LogP contribution >= 0.6 is 11.6 Å². The van der Waals surface area contributed by atoms with E-state index in [9.17, 15) is 14.4 Å². The highest BCUT2D eigenvalue weighted by Gasteiger charge is 2.36. The minimum absolute atomic E-state index is 0.00810. The summed E-state index contributed by atoms with van der Waals surface area (Å²) in [7, 11) is 0. The molecule has 0 fully saturated rings. The van der Waals surface area contributed by atoms with E-state index in [1.807, 2.05) is 0 Å². The molecule has 2 heterocycles. The normalized spacial score (nSPS) is 12.7. The summed E-state index contributed by atoms with van der Waals surface area (Å²) >= 11 is 6.11. The van der Waals surface area contributed by atoms with Gasteiger partial charge in [-0.2, -0.15) is 0 Å². The van der Waals surface area contributed by atoms with Gasteiger partial charge in [0.15, 0.2) is 5.69 Å². The number of aromatic nitrogens is 1. The molecule has 0 saturated carbocycles. The first kappa shape index (κ1) is 19.6. The van der Waals surface area contributed by atoms with Gasteiger partial charge in [-0.3, -0.25) is 14.4 Å². The van der Waals surface area contributed by atoms with Crippen molar-refractivity contribution in [3.05, 3.63) is 82.5 Å². The summed E-state index contributed by atoms with van der Waals surface area (Å²) in [5.74, 6) is -1.07. The standard InChI is InChI=1S/C22H16ClN3O4/c1-2-30-18-11-10-17(23)19(25-18)20(27)24-13-6-5-7-14(12-13)26-21(28)15-8-3-4-9-16(15)22(26)29/h3-12H,2H2,1H3,(H,24,27). The summed E-state index contributed by atoms with van der Waals surface area (Å²) in [5, 5.41) is 2.87. The highest BCUT2D eigenvalue weighted by atomic mass is 35.5. The van der Waals surface area contributed by atoms with E-state index in [1.54, 1.807) is 61.5 Å². The van der Waals surface area contributed by atoms with E-state index in [0.29, 0.717) is 29.1 Å². The molecule has 7 nitrogen and oxygen atoms in total. The predicted molar refractivity (Wildman–Crippen MR) is 112 cm³/mol. The summed E-state index contributed by atoms with van der Waals surface area (Å²) in [6.07, 6.45) is 0. The average Bonchev–Trinajstić information content (AvgIpc) is 3.00. The van der Waals surface area contributed by atoms with Gasteiger partial charge in [0.1, 0.15) is 0 Å². The van der Waals surface area contributed by atoms with Crippen molar-refractivity contribution in [1.82, 2.24) is 4.98 Å². The molecule has 0 aliphatic carbocycles. The lowest BCUT2D eigenvalue weighted by atomic mass is 10.1. The van der Waals surface area contributed by atoms with Crippen LogP contribution in [0.3, 0.4) is 0 Å². The zero-order chi connectivity index (χ0) is 21.3. The summed E-state index contributed by atoms with van der Waals surface area (Å²) < 4.78 is 5.31. The molecule has 150 valence electrons. The number of carbonyl (C=O) groups excluding carboxylic acids is 3. The number of pyridine rings is 1. The van der Waals surface area contributed by atoms with Crippen LogP contribution in [0.5, 0.6) is 5.88 Å². The number of nitrogens with one attached hydrogen (secondary N) is 1. The fourth-order valence-electron chi connectivity index (χ4n) is 3.15. The molecule has 0 atom stereocenters. The first-order chi connectivity index (χ1) is 14.5. The van der Waals surface area contributed by atoms with Crippen molar-refractivity contribution in [2.24, 2.45) is 0 Å². The summed E-state index contributed by atoms with van der Waals surface area (Å²) in [6, 6.07) is 16.2. The summed E-state index contributed by atoms with van der Waals surface area (Å²) in [5.41, 5.74) is 1.44. The molecule has 3 amide bonds. The number of hydrogen-bond donors (Lipinski definition) is 1. The molecule has 0 spiro atoms. The van der Waals surface area contributed by atoms with Crippen molar-refractivity contribution in [3.8, 4) is 5.88 Å². The number of imide groups is 1. The Kier molecular flexibility index (Phi) is 5.20. The minimum Gasteiger partial charge on any atom is -0.478 e. The number of nitrogens with zero attached hydrogens (tertiary/aromatic N) is 2. The third kappa shape index (κ3) is 3.51. The van der Waals surface area contributed by atoms with E-state index in [0.717, 1.165) is 4.90 Å². The first-order valence-electron chi connectivity index (χ1n) is 9.18. The van der Waals surface area contributed by atoms with Gasteiger partial charge in [-0.15, -0.1) is 0 Å². The van der Waals surface area contributed by atoms with E-state index in [-0.39, 0.29) is 16.6 Å². The van der Waals surface area contributed by atoms with E-state index < -0.39 is 17.7 Å². The van der Waals surface area contributed by atoms with Gasteiger partial charge >= 0.3 is 0 Å². The Morgan fingerprint density at radius 2 is 1.73 bits per heavy atom. The second kappa shape index (κ2) is 7.96. The van der Waals surface area contributed by atoms with Crippen LogP contribution in [0.4, 0.5) is 11.4 Å². The molecule has 30 heavy (non-hydrogen) atoms. The Labute approximate surface area is 177 Å². The van der Waals surface area contributed by atoms with Gasteiger partial charge in [-0.1, -0.05) is 29.8 Å². The molecular formula is C22H16ClN3O4. The number of amides is 3. The van der Waals surface area contributed by atoms with Crippen molar-refractivity contribution in [2.75, 3.05) is 16.8 Å². The predicted octanol–water partition coefficient (Wildman–Crippen LogP) is 4.19. The molecule has 1 N–H and O–H groups in total. The molecule has 0 saturated heterocycles. The van der Waals surface area contributed by atoms with Crippen molar-refractivity contribution in [2.45, 2.75) is 6.92 Å². The Hall–Kier alpha value is -3.71. The van der Waals surface area contributed by atoms with Crippen LogP contribution in [0.1, 0.15) is 38.1 Å². The monoisotopic (exact) mass is 421 g/mol. The van der Waals surface area contributed by atoms with E-state index in [4.69, 9.17) is 16.3 Å². The largest absolute Gasteiger partial charge is 0.478 e. The van der Waals surface area contributed by atoms with Gasteiger partial charge in [0.05, 0.1) is 28.4 Å². The smallest absolute Gasteiger partial charge is 0.275 e. The van der Waals surface area contributed by atoms with Crippen LogP contribution < -0.4 is 15.0 Å². The topological polar surface area (TPSA) is 88.6 Å². The van der Waals surface area contributed by atoms with Gasteiger partial charge < -0.3 is 10.1 Å². The van der Waals surface area contributed by atoms with Crippen molar-refractivity contribution in [1.29, 1.82) is 0 Å². The third-order valence-corrected chi connectivity index (χ3v) is 4.79. The van der Waals surface area contributed by atoms with Gasteiger partial charge in [0, 0.05) is 11.8 Å². The van der Waals surface area contributed by atoms with Crippen molar-refractivity contribution in [3.63, 3.8) is 0 Å². The molecule has 1 aromatic heterocycles.